The van der Waals surface area contributed by atoms with Crippen LogP contribution in [0.2, 0.25) is 0 Å². The van der Waals surface area contributed by atoms with Crippen LogP contribution in [0.1, 0.15) is 52.4 Å². The van der Waals surface area contributed by atoms with Crippen LogP contribution in [0.3, 0.4) is 0 Å². The number of nitrogens with one attached hydrogen (secondary N) is 1. The van der Waals surface area contributed by atoms with Gasteiger partial charge in [-0.25, -0.2) is 0 Å². The van der Waals surface area contributed by atoms with Crippen molar-refractivity contribution >= 4 is 0 Å². The summed E-state index contributed by atoms with van der Waals surface area (Å²) in [5.41, 5.74) is -0.440. The highest BCUT2D eigenvalue weighted by atomic mass is 16.3. The maximum atomic E-state index is 10.6. The van der Waals surface area contributed by atoms with E-state index in [1.54, 1.807) is 0 Å². The van der Waals surface area contributed by atoms with Crippen LogP contribution < -0.4 is 5.32 Å². The molecule has 0 amide bonds. The molecule has 0 aromatic carbocycles. The molecule has 2 fully saturated rings. The predicted octanol–water partition coefficient (Wildman–Crippen LogP) is 2.00. The van der Waals surface area contributed by atoms with Gasteiger partial charge in [0.25, 0.3) is 0 Å². The molecule has 0 aromatic rings. The molecule has 1 heterocycles. The van der Waals surface area contributed by atoms with Crippen LogP contribution in [-0.2, 0) is 0 Å². The Labute approximate surface area is 112 Å². The molecule has 0 radical (unpaired) electrons. The summed E-state index contributed by atoms with van der Waals surface area (Å²) < 4.78 is 0. The van der Waals surface area contributed by atoms with E-state index >= 15 is 0 Å². The first kappa shape index (κ1) is 14.3. The third-order valence-electron chi connectivity index (χ3n) is 5.00. The molecule has 1 saturated heterocycles. The van der Waals surface area contributed by atoms with Gasteiger partial charge in [0, 0.05) is 18.6 Å². The second-order valence-electron chi connectivity index (χ2n) is 6.86. The van der Waals surface area contributed by atoms with Crippen molar-refractivity contribution in [3.63, 3.8) is 0 Å². The lowest BCUT2D eigenvalue weighted by Gasteiger charge is -2.39. The average Bonchev–Trinajstić information content (AvgIpc) is 2.31. The number of hydrogen-bond donors (Lipinski definition) is 2. The Kier molecular flexibility index (Phi) is 4.68. The minimum atomic E-state index is -0.440. The molecular formula is C15H30N2O. The van der Waals surface area contributed by atoms with Gasteiger partial charge in [0.1, 0.15) is 0 Å². The number of likely N-dealkylation sites (tertiary alicyclic amines) is 1. The fraction of sp³-hybridized carbons (Fsp3) is 1.00. The van der Waals surface area contributed by atoms with Crippen molar-refractivity contribution in [1.82, 2.24) is 10.2 Å². The Morgan fingerprint density at radius 2 is 2.11 bits per heavy atom. The van der Waals surface area contributed by atoms with Crippen molar-refractivity contribution in [1.29, 1.82) is 0 Å². The molecule has 0 bridgehead atoms. The molecule has 18 heavy (non-hydrogen) atoms. The van der Waals surface area contributed by atoms with E-state index in [4.69, 9.17) is 0 Å². The monoisotopic (exact) mass is 254 g/mol. The lowest BCUT2D eigenvalue weighted by Crippen LogP contribution is -2.51. The molecular weight excluding hydrogens is 224 g/mol. The van der Waals surface area contributed by atoms with Crippen LogP contribution >= 0.6 is 0 Å². The zero-order chi connectivity index (χ0) is 13.2. The van der Waals surface area contributed by atoms with Gasteiger partial charge in [-0.05, 0) is 52.1 Å². The third-order valence-corrected chi connectivity index (χ3v) is 5.00. The van der Waals surface area contributed by atoms with Crippen molar-refractivity contribution in [2.45, 2.75) is 70.1 Å². The molecule has 0 aromatic heterocycles. The lowest BCUT2D eigenvalue weighted by atomic mass is 9.78. The van der Waals surface area contributed by atoms with Gasteiger partial charge in [-0.15, -0.1) is 0 Å². The smallest absolute Gasteiger partial charge is 0.0774 e. The number of nitrogens with zero attached hydrogens (tertiary/aromatic N) is 1. The van der Waals surface area contributed by atoms with Gasteiger partial charge in [0.2, 0.25) is 0 Å². The normalized spacial score (nSPS) is 43.0. The molecule has 3 nitrogen and oxygen atoms in total. The Bertz CT molecular complexity index is 271. The van der Waals surface area contributed by atoms with Gasteiger partial charge in [0.15, 0.2) is 0 Å². The highest BCUT2D eigenvalue weighted by Gasteiger charge is 2.33. The zero-order valence-electron chi connectivity index (χ0n) is 12.3. The minimum Gasteiger partial charge on any atom is -0.389 e. The van der Waals surface area contributed by atoms with Crippen LogP contribution in [0.15, 0.2) is 0 Å². The molecule has 1 saturated carbocycles. The number of rotatable bonds is 3. The summed E-state index contributed by atoms with van der Waals surface area (Å²) in [7, 11) is 2.21. The second-order valence-corrected chi connectivity index (χ2v) is 6.86. The maximum absolute atomic E-state index is 10.6. The third kappa shape index (κ3) is 3.69. The topological polar surface area (TPSA) is 35.5 Å². The average molecular weight is 254 g/mol. The maximum Gasteiger partial charge on any atom is 0.0774 e. The van der Waals surface area contributed by atoms with Gasteiger partial charge in [-0.3, -0.25) is 0 Å². The highest BCUT2D eigenvalue weighted by Crippen LogP contribution is 2.32. The molecule has 1 aliphatic heterocycles. The minimum absolute atomic E-state index is 0.440. The molecule has 2 rings (SSSR count). The van der Waals surface area contributed by atoms with E-state index in [2.05, 4.69) is 31.1 Å². The Morgan fingerprint density at radius 3 is 2.78 bits per heavy atom. The van der Waals surface area contributed by atoms with E-state index in [1.807, 2.05) is 0 Å². The largest absolute Gasteiger partial charge is 0.389 e. The first-order valence-electron chi connectivity index (χ1n) is 7.64. The summed E-state index contributed by atoms with van der Waals surface area (Å²) in [6.07, 6.45) is 6.85. The molecule has 2 aliphatic rings. The molecule has 3 heteroatoms. The second kappa shape index (κ2) is 5.89. The fourth-order valence-electron chi connectivity index (χ4n) is 3.60. The summed E-state index contributed by atoms with van der Waals surface area (Å²) in [5, 5.41) is 14.2. The Balaban J connectivity index is 1.77. The summed E-state index contributed by atoms with van der Waals surface area (Å²) in [6, 6.07) is 1.26. The van der Waals surface area contributed by atoms with Crippen LogP contribution in [0, 0.1) is 5.92 Å². The van der Waals surface area contributed by atoms with E-state index in [9.17, 15) is 5.11 Å². The number of hydrogen-bond acceptors (Lipinski definition) is 3. The summed E-state index contributed by atoms with van der Waals surface area (Å²) in [5.74, 6) is 0.682. The van der Waals surface area contributed by atoms with Crippen molar-refractivity contribution in [2.75, 3.05) is 20.1 Å². The molecule has 1 aliphatic carbocycles. The lowest BCUT2D eigenvalue weighted by molar-refractivity contribution is -0.0158. The summed E-state index contributed by atoms with van der Waals surface area (Å²) in [6.45, 7) is 6.53. The van der Waals surface area contributed by atoms with Crippen molar-refractivity contribution in [3.8, 4) is 0 Å². The molecule has 106 valence electrons. The van der Waals surface area contributed by atoms with Crippen LogP contribution in [0.4, 0.5) is 0 Å². The van der Waals surface area contributed by atoms with Crippen molar-refractivity contribution in [3.05, 3.63) is 0 Å². The van der Waals surface area contributed by atoms with Gasteiger partial charge in [-0.1, -0.05) is 19.8 Å². The van der Waals surface area contributed by atoms with Gasteiger partial charge >= 0.3 is 0 Å². The standard InChI is InChI=1S/C15H30N2O/c1-12-5-4-7-15(18,10-12)11-16-14-6-8-17(3)13(2)9-14/h12-14,16,18H,4-11H2,1-3H3. The summed E-state index contributed by atoms with van der Waals surface area (Å²) in [4.78, 5) is 2.43. The first-order valence-corrected chi connectivity index (χ1v) is 7.64. The van der Waals surface area contributed by atoms with Crippen LogP contribution in [0.5, 0.6) is 0 Å². The molecule has 4 unspecified atom stereocenters. The van der Waals surface area contributed by atoms with Gasteiger partial charge in [0.05, 0.1) is 5.60 Å². The summed E-state index contributed by atoms with van der Waals surface area (Å²) >= 11 is 0. The number of piperidine rings is 1. The molecule has 0 spiro atoms. The van der Waals surface area contributed by atoms with Crippen LogP contribution in [0.25, 0.3) is 0 Å². The number of aliphatic hydroxyl groups is 1. The van der Waals surface area contributed by atoms with Crippen molar-refractivity contribution < 1.29 is 5.11 Å². The van der Waals surface area contributed by atoms with E-state index in [0.29, 0.717) is 18.0 Å². The van der Waals surface area contributed by atoms with E-state index in [-0.39, 0.29) is 0 Å². The van der Waals surface area contributed by atoms with Gasteiger partial charge in [-0.2, -0.15) is 0 Å². The van der Waals surface area contributed by atoms with Crippen molar-refractivity contribution in [2.24, 2.45) is 5.92 Å². The zero-order valence-corrected chi connectivity index (χ0v) is 12.3. The van der Waals surface area contributed by atoms with Crippen LogP contribution in [-0.4, -0.2) is 47.8 Å². The van der Waals surface area contributed by atoms with E-state index in [1.165, 1.54) is 32.2 Å². The fourth-order valence-corrected chi connectivity index (χ4v) is 3.60. The van der Waals surface area contributed by atoms with Gasteiger partial charge < -0.3 is 15.3 Å². The SMILES string of the molecule is CC1CCCC(O)(CNC2CCN(C)C(C)C2)C1. The quantitative estimate of drug-likeness (QED) is 0.808. The molecule has 4 atom stereocenters. The molecule has 2 N–H and O–H groups in total. The Hall–Kier alpha value is -0.120. The Morgan fingerprint density at radius 1 is 1.33 bits per heavy atom. The first-order chi connectivity index (χ1) is 8.48. The van der Waals surface area contributed by atoms with E-state index in [0.717, 1.165) is 19.4 Å². The highest BCUT2D eigenvalue weighted by molar-refractivity contribution is 4.90. The predicted molar refractivity (Wildman–Crippen MR) is 75.7 cm³/mol. The van der Waals surface area contributed by atoms with E-state index < -0.39 is 5.60 Å².